The van der Waals surface area contributed by atoms with Gasteiger partial charge in [-0.15, -0.1) is 0 Å². The van der Waals surface area contributed by atoms with Gasteiger partial charge in [0.1, 0.15) is 21.8 Å². The minimum atomic E-state index is -0.263. The molecule has 0 spiro atoms. The minimum absolute atomic E-state index is 0.131. The highest BCUT2D eigenvalue weighted by atomic mass is 32.2. The van der Waals surface area contributed by atoms with Crippen molar-refractivity contribution >= 4 is 46.1 Å². The van der Waals surface area contributed by atoms with E-state index in [2.05, 4.69) is 47.1 Å². The molecule has 2 aliphatic rings. The Kier molecular flexibility index (Phi) is 11.2. The third-order valence-corrected chi connectivity index (χ3v) is 8.90. The third kappa shape index (κ3) is 7.28. The number of aromatic nitrogens is 1. The predicted molar refractivity (Wildman–Crippen MR) is 170 cm³/mol. The van der Waals surface area contributed by atoms with E-state index in [4.69, 9.17) is 17.0 Å². The molecule has 1 aromatic heterocycles. The van der Waals surface area contributed by atoms with Gasteiger partial charge in [-0.05, 0) is 43.9 Å². The maximum atomic E-state index is 13.6. The number of thiocarbonyl (C=S) groups is 1. The van der Waals surface area contributed by atoms with E-state index in [0.717, 1.165) is 56.9 Å². The van der Waals surface area contributed by atoms with E-state index in [-0.39, 0.29) is 17.0 Å². The van der Waals surface area contributed by atoms with Gasteiger partial charge in [-0.1, -0.05) is 67.7 Å². The van der Waals surface area contributed by atoms with Gasteiger partial charge in [-0.3, -0.25) is 24.0 Å². The largest absolute Gasteiger partial charge is 0.382 e. The molecule has 0 saturated carbocycles. The number of benzene rings is 1. The molecule has 2 saturated heterocycles. The summed E-state index contributed by atoms with van der Waals surface area (Å²) in [5.41, 5.74) is 2.50. The number of hydrogen-bond donors (Lipinski definition) is 0. The molecule has 0 bridgehead atoms. The van der Waals surface area contributed by atoms with E-state index in [9.17, 15) is 14.9 Å². The first kappa shape index (κ1) is 31.0. The van der Waals surface area contributed by atoms with E-state index in [0.29, 0.717) is 47.5 Å². The van der Waals surface area contributed by atoms with E-state index >= 15 is 0 Å². The summed E-state index contributed by atoms with van der Waals surface area (Å²) in [5, 5.41) is 9.97. The molecule has 8 nitrogen and oxygen atoms in total. The second kappa shape index (κ2) is 14.8. The van der Waals surface area contributed by atoms with Crippen LogP contribution in [0.25, 0.3) is 6.08 Å². The summed E-state index contributed by atoms with van der Waals surface area (Å²) >= 11 is 6.84. The van der Waals surface area contributed by atoms with Crippen molar-refractivity contribution in [2.24, 2.45) is 0 Å². The van der Waals surface area contributed by atoms with Crippen molar-refractivity contribution in [2.75, 3.05) is 50.8 Å². The average molecular weight is 594 g/mol. The highest BCUT2D eigenvalue weighted by molar-refractivity contribution is 8.26. The van der Waals surface area contributed by atoms with Crippen LogP contribution in [0.2, 0.25) is 0 Å². The van der Waals surface area contributed by atoms with Gasteiger partial charge in [0.15, 0.2) is 0 Å². The fourth-order valence-corrected chi connectivity index (χ4v) is 6.55. The van der Waals surface area contributed by atoms with Crippen LogP contribution in [0.1, 0.15) is 55.4 Å². The van der Waals surface area contributed by atoms with Crippen molar-refractivity contribution in [3.63, 3.8) is 0 Å². The fourth-order valence-electron chi connectivity index (χ4n) is 5.26. The first-order chi connectivity index (χ1) is 19.9. The Morgan fingerprint density at radius 2 is 1.80 bits per heavy atom. The van der Waals surface area contributed by atoms with Gasteiger partial charge in [0.25, 0.3) is 11.5 Å². The maximum absolute atomic E-state index is 13.6. The lowest BCUT2D eigenvalue weighted by molar-refractivity contribution is -0.122. The zero-order chi connectivity index (χ0) is 29.4. The number of piperazine rings is 1. The molecule has 0 unspecified atom stereocenters. The standard InChI is InChI=1S/C31H39N5O3S2/c1-4-6-13-35-28(34-17-15-33(16-18-34)22-24-11-8-7-9-12-24)25(23(3)26(21-32)29(35)37)20-27-30(38)36(31(40)41-27)14-10-19-39-5-2/h7-9,11-12,20H,4-6,10,13-19,22H2,1-3H3/b27-20-. The quantitative estimate of drug-likeness (QED) is 0.198. The maximum Gasteiger partial charge on any atom is 0.270 e. The molecule has 4 rings (SSSR count). The molecule has 218 valence electrons. The Bertz CT molecular complexity index is 1370. The Morgan fingerprint density at radius 1 is 1.07 bits per heavy atom. The smallest absolute Gasteiger partial charge is 0.270 e. The van der Waals surface area contributed by atoms with Crippen LogP contribution in [-0.2, 0) is 22.6 Å². The van der Waals surface area contributed by atoms with Crippen LogP contribution in [-0.4, -0.2) is 70.5 Å². The summed E-state index contributed by atoms with van der Waals surface area (Å²) in [7, 11) is 0. The number of nitriles is 1. The van der Waals surface area contributed by atoms with Gasteiger partial charge in [0.05, 0.1) is 4.91 Å². The van der Waals surface area contributed by atoms with Gasteiger partial charge >= 0.3 is 0 Å². The summed E-state index contributed by atoms with van der Waals surface area (Å²) in [4.78, 5) is 33.8. The van der Waals surface area contributed by atoms with Crippen LogP contribution >= 0.6 is 24.0 Å². The second-order valence-corrected chi connectivity index (χ2v) is 12.0. The molecule has 0 aliphatic carbocycles. The number of rotatable bonds is 12. The summed E-state index contributed by atoms with van der Waals surface area (Å²) in [6.45, 7) is 12.1. The number of carbonyl (C=O) groups is 1. The van der Waals surface area contributed by atoms with Crippen LogP contribution in [0.15, 0.2) is 40.0 Å². The van der Waals surface area contributed by atoms with Crippen LogP contribution in [0.5, 0.6) is 0 Å². The van der Waals surface area contributed by atoms with Crippen molar-refractivity contribution in [3.8, 4) is 6.07 Å². The van der Waals surface area contributed by atoms with Gasteiger partial charge in [-0.25, -0.2) is 0 Å². The lowest BCUT2D eigenvalue weighted by Crippen LogP contribution is -2.48. The Labute approximate surface area is 252 Å². The lowest BCUT2D eigenvalue weighted by atomic mass is 10.0. The Hall–Kier alpha value is -2.97. The van der Waals surface area contributed by atoms with Crippen molar-refractivity contribution < 1.29 is 9.53 Å². The number of anilines is 1. The molecule has 1 aromatic carbocycles. The molecule has 2 aromatic rings. The molecule has 1 amide bonds. The summed E-state index contributed by atoms with van der Waals surface area (Å²) in [6.07, 6.45) is 4.29. The number of nitrogens with zero attached hydrogens (tertiary/aromatic N) is 5. The number of carbonyl (C=O) groups excluding carboxylic acids is 1. The van der Waals surface area contributed by atoms with E-state index in [1.807, 2.05) is 26.0 Å². The first-order valence-corrected chi connectivity index (χ1v) is 15.6. The van der Waals surface area contributed by atoms with Crippen molar-refractivity contribution in [1.29, 1.82) is 5.26 Å². The molecule has 41 heavy (non-hydrogen) atoms. The SMILES string of the molecule is CCCCn1c(N2CCN(Cc3ccccc3)CC2)c(/C=C2\SC(=S)N(CCCOCC)C2=O)c(C)c(C#N)c1=O. The minimum Gasteiger partial charge on any atom is -0.382 e. The Morgan fingerprint density at radius 3 is 2.46 bits per heavy atom. The fraction of sp³-hybridized carbons (Fsp3) is 0.484. The third-order valence-electron chi connectivity index (χ3n) is 7.53. The number of hydrogen-bond acceptors (Lipinski definition) is 8. The molecule has 0 N–H and O–H groups in total. The Balaban J connectivity index is 1.69. The molecule has 10 heteroatoms. The van der Waals surface area contributed by atoms with Crippen molar-refractivity contribution in [1.82, 2.24) is 14.4 Å². The van der Waals surface area contributed by atoms with Gasteiger partial charge in [-0.2, -0.15) is 5.26 Å². The van der Waals surface area contributed by atoms with E-state index in [1.54, 1.807) is 9.47 Å². The molecule has 2 aliphatic heterocycles. The zero-order valence-electron chi connectivity index (χ0n) is 24.2. The van der Waals surface area contributed by atoms with Crippen molar-refractivity contribution in [2.45, 2.75) is 53.1 Å². The topological polar surface area (TPSA) is 81.8 Å². The molecule has 2 fully saturated rings. The molecule has 0 atom stereocenters. The number of pyridine rings is 1. The number of thioether (sulfide) groups is 1. The monoisotopic (exact) mass is 593 g/mol. The van der Waals surface area contributed by atoms with Gasteiger partial charge in [0.2, 0.25) is 0 Å². The van der Waals surface area contributed by atoms with Crippen LogP contribution in [0, 0.1) is 18.3 Å². The molecule has 3 heterocycles. The van der Waals surface area contributed by atoms with Crippen LogP contribution in [0.3, 0.4) is 0 Å². The number of amides is 1. The predicted octanol–water partition coefficient (Wildman–Crippen LogP) is 4.78. The van der Waals surface area contributed by atoms with Crippen LogP contribution < -0.4 is 10.5 Å². The van der Waals surface area contributed by atoms with Gasteiger partial charge in [0, 0.05) is 64.6 Å². The zero-order valence-corrected chi connectivity index (χ0v) is 25.9. The highest BCUT2D eigenvalue weighted by Gasteiger charge is 2.33. The highest BCUT2D eigenvalue weighted by Crippen LogP contribution is 2.36. The van der Waals surface area contributed by atoms with E-state index < -0.39 is 0 Å². The second-order valence-electron chi connectivity index (χ2n) is 10.3. The van der Waals surface area contributed by atoms with E-state index in [1.165, 1.54) is 17.3 Å². The lowest BCUT2D eigenvalue weighted by Gasteiger charge is -2.38. The normalized spacial score (nSPS) is 17.1. The molecule has 0 radical (unpaired) electrons. The number of ether oxygens (including phenoxy) is 1. The van der Waals surface area contributed by atoms with Gasteiger partial charge < -0.3 is 9.64 Å². The summed E-state index contributed by atoms with van der Waals surface area (Å²) < 4.78 is 7.71. The van der Waals surface area contributed by atoms with Crippen LogP contribution in [0.4, 0.5) is 5.82 Å². The summed E-state index contributed by atoms with van der Waals surface area (Å²) in [5.74, 6) is 0.653. The molecular formula is C31H39N5O3S2. The van der Waals surface area contributed by atoms with Crippen molar-refractivity contribution in [3.05, 3.63) is 67.8 Å². The average Bonchev–Trinajstić information content (AvgIpc) is 3.24. The summed E-state index contributed by atoms with van der Waals surface area (Å²) in [6, 6.07) is 12.6. The number of unbranched alkanes of at least 4 members (excludes halogenated alkanes) is 1. The first-order valence-electron chi connectivity index (χ1n) is 14.4. The molecular weight excluding hydrogens is 555 g/mol.